The van der Waals surface area contributed by atoms with E-state index in [-0.39, 0.29) is 0 Å². The van der Waals surface area contributed by atoms with Gasteiger partial charge in [-0.1, -0.05) is 36.6 Å². The number of hydrogen-bond donors (Lipinski definition) is 0. The maximum atomic E-state index is 5.21. The van der Waals surface area contributed by atoms with Gasteiger partial charge in [-0.15, -0.1) is 11.3 Å². The van der Waals surface area contributed by atoms with E-state index in [1.807, 2.05) is 42.5 Å². The Bertz CT molecular complexity index is 1240. The van der Waals surface area contributed by atoms with Crippen LogP contribution in [-0.2, 0) is 6.54 Å². The first-order valence-corrected chi connectivity index (χ1v) is 11.3. The molecule has 4 aromatic rings. The van der Waals surface area contributed by atoms with Gasteiger partial charge in [0.25, 0.3) is 0 Å². The lowest BCUT2D eigenvalue weighted by molar-refractivity contribution is 0.412. The van der Waals surface area contributed by atoms with Gasteiger partial charge in [0.05, 0.1) is 25.5 Å². The summed E-state index contributed by atoms with van der Waals surface area (Å²) in [6.45, 7) is 0.608. The number of methoxy groups -OCH3 is 1. The summed E-state index contributed by atoms with van der Waals surface area (Å²) in [4.78, 5) is 6.39. The summed E-state index contributed by atoms with van der Waals surface area (Å²) in [5, 5.41) is 12.1. The minimum Gasteiger partial charge on any atom is -0.497 e. The minimum absolute atomic E-state index is 0.608. The zero-order chi connectivity index (χ0) is 21.0. The van der Waals surface area contributed by atoms with Crippen molar-refractivity contribution >= 4 is 11.3 Å². The van der Waals surface area contributed by atoms with Gasteiger partial charge in [0.1, 0.15) is 11.4 Å². The van der Waals surface area contributed by atoms with Gasteiger partial charge in [-0.3, -0.25) is 0 Å². The van der Waals surface area contributed by atoms with Gasteiger partial charge < -0.3 is 4.74 Å². The SMILES string of the molecule is COc1ccc(Cn2ncc(-c3cccc(C#Cc4nc(C5CCC5)cs4)c3)n2)cc1. The van der Waals surface area contributed by atoms with Crippen molar-refractivity contribution in [2.75, 3.05) is 7.11 Å². The molecule has 0 unspecified atom stereocenters. The Labute approximate surface area is 185 Å². The summed E-state index contributed by atoms with van der Waals surface area (Å²) in [7, 11) is 1.67. The summed E-state index contributed by atoms with van der Waals surface area (Å²) in [6.07, 6.45) is 5.64. The summed E-state index contributed by atoms with van der Waals surface area (Å²) in [5.41, 5.74) is 5.11. The van der Waals surface area contributed by atoms with Crippen molar-refractivity contribution in [1.29, 1.82) is 0 Å². The van der Waals surface area contributed by atoms with Gasteiger partial charge >= 0.3 is 0 Å². The van der Waals surface area contributed by atoms with Crippen LogP contribution in [0.25, 0.3) is 11.3 Å². The molecule has 6 heteroatoms. The predicted octanol–water partition coefficient (Wildman–Crippen LogP) is 5.13. The molecule has 0 amide bonds. The second kappa shape index (κ2) is 8.75. The molecule has 1 fully saturated rings. The number of aromatic nitrogens is 4. The van der Waals surface area contributed by atoms with Crippen molar-refractivity contribution < 1.29 is 4.74 Å². The predicted molar refractivity (Wildman–Crippen MR) is 122 cm³/mol. The van der Waals surface area contributed by atoms with Crippen LogP contribution in [-0.4, -0.2) is 27.1 Å². The van der Waals surface area contributed by atoms with E-state index in [0.717, 1.165) is 33.1 Å². The molecular weight excluding hydrogens is 404 g/mol. The summed E-state index contributed by atoms with van der Waals surface area (Å²) >= 11 is 1.64. The first-order valence-electron chi connectivity index (χ1n) is 10.4. The number of benzene rings is 2. The Hall–Kier alpha value is -3.43. The van der Waals surface area contributed by atoms with Crippen LogP contribution < -0.4 is 4.74 Å². The number of thiazole rings is 1. The van der Waals surface area contributed by atoms with E-state index < -0.39 is 0 Å². The highest BCUT2D eigenvalue weighted by Crippen LogP contribution is 2.36. The lowest BCUT2D eigenvalue weighted by Gasteiger charge is -2.22. The van der Waals surface area contributed by atoms with Crippen LogP contribution in [0.1, 0.15) is 47.0 Å². The lowest BCUT2D eigenvalue weighted by Crippen LogP contribution is -2.08. The van der Waals surface area contributed by atoms with E-state index in [9.17, 15) is 0 Å². The number of nitrogens with zero attached hydrogens (tertiary/aromatic N) is 4. The Morgan fingerprint density at radius 2 is 2.00 bits per heavy atom. The van der Waals surface area contributed by atoms with Crippen LogP contribution in [0.2, 0.25) is 0 Å². The summed E-state index contributed by atoms with van der Waals surface area (Å²) in [6, 6.07) is 16.0. The molecule has 154 valence electrons. The monoisotopic (exact) mass is 426 g/mol. The third-order valence-corrected chi connectivity index (χ3v) is 6.31. The molecule has 0 spiro atoms. The van der Waals surface area contributed by atoms with Crippen LogP contribution in [0, 0.1) is 11.8 Å². The smallest absolute Gasteiger partial charge is 0.167 e. The molecule has 2 aromatic heterocycles. The normalized spacial score (nSPS) is 13.3. The Morgan fingerprint density at radius 3 is 2.77 bits per heavy atom. The number of hydrogen-bond acceptors (Lipinski definition) is 5. The fraction of sp³-hybridized carbons (Fsp3) is 0.240. The van der Waals surface area contributed by atoms with Gasteiger partial charge in [-0.05, 0) is 48.6 Å². The Balaban J connectivity index is 1.29. The third kappa shape index (κ3) is 4.52. The van der Waals surface area contributed by atoms with E-state index >= 15 is 0 Å². The molecular formula is C25H22N4OS. The summed E-state index contributed by atoms with van der Waals surface area (Å²) in [5.74, 6) is 7.95. The Morgan fingerprint density at radius 1 is 1.13 bits per heavy atom. The van der Waals surface area contributed by atoms with E-state index in [1.54, 1.807) is 29.4 Å². The highest BCUT2D eigenvalue weighted by molar-refractivity contribution is 7.10. The molecule has 1 aliphatic rings. The molecule has 5 nitrogen and oxygen atoms in total. The minimum atomic E-state index is 0.608. The highest BCUT2D eigenvalue weighted by atomic mass is 32.1. The topological polar surface area (TPSA) is 52.8 Å². The van der Waals surface area contributed by atoms with Gasteiger partial charge in [-0.2, -0.15) is 15.0 Å². The zero-order valence-electron chi connectivity index (χ0n) is 17.3. The van der Waals surface area contributed by atoms with Gasteiger partial charge in [-0.25, -0.2) is 4.98 Å². The molecule has 2 aromatic carbocycles. The largest absolute Gasteiger partial charge is 0.497 e. The van der Waals surface area contributed by atoms with Crippen LogP contribution in [0.4, 0.5) is 0 Å². The van der Waals surface area contributed by atoms with Crippen LogP contribution in [0.3, 0.4) is 0 Å². The van der Waals surface area contributed by atoms with Crippen LogP contribution >= 0.6 is 11.3 Å². The van der Waals surface area contributed by atoms with Crippen molar-refractivity contribution in [2.24, 2.45) is 0 Å². The molecule has 5 rings (SSSR count). The molecule has 2 heterocycles. The maximum Gasteiger partial charge on any atom is 0.167 e. The molecule has 1 saturated carbocycles. The van der Waals surface area contributed by atoms with Crippen LogP contribution in [0.15, 0.2) is 60.1 Å². The van der Waals surface area contributed by atoms with Gasteiger partial charge in [0.2, 0.25) is 0 Å². The first-order chi connectivity index (χ1) is 15.3. The third-order valence-electron chi connectivity index (χ3n) is 5.54. The number of ether oxygens (including phenoxy) is 1. The summed E-state index contributed by atoms with van der Waals surface area (Å²) < 4.78 is 5.21. The van der Waals surface area contributed by atoms with E-state index in [0.29, 0.717) is 12.5 Å². The first kappa shape index (κ1) is 19.5. The number of rotatable bonds is 5. The molecule has 31 heavy (non-hydrogen) atoms. The van der Waals surface area contributed by atoms with Crippen molar-refractivity contribution in [3.05, 3.63) is 81.9 Å². The molecule has 0 bridgehead atoms. The van der Waals surface area contributed by atoms with Crippen molar-refractivity contribution in [2.45, 2.75) is 31.7 Å². The molecule has 1 aliphatic carbocycles. The maximum absolute atomic E-state index is 5.21. The fourth-order valence-corrected chi connectivity index (χ4v) is 4.26. The highest BCUT2D eigenvalue weighted by Gasteiger charge is 2.21. The average molecular weight is 427 g/mol. The standard InChI is InChI=1S/C25H22N4OS/c1-30-22-11-8-19(9-12-22)16-29-26-15-23(28-29)21-7-2-4-18(14-21)10-13-25-27-24(17-31-25)20-5-3-6-20/h2,4,7-9,11-12,14-15,17,20H,3,5-6,16H2,1H3. The van der Waals surface area contributed by atoms with Crippen molar-refractivity contribution in [3.8, 4) is 28.8 Å². The molecule has 0 atom stereocenters. The van der Waals surface area contributed by atoms with Crippen LogP contribution in [0.5, 0.6) is 5.75 Å². The van der Waals surface area contributed by atoms with E-state index in [2.05, 4.69) is 33.5 Å². The second-order valence-electron chi connectivity index (χ2n) is 7.64. The molecule has 0 N–H and O–H groups in total. The van der Waals surface area contributed by atoms with Gasteiger partial charge in [0, 0.05) is 22.4 Å². The van der Waals surface area contributed by atoms with Crippen molar-refractivity contribution in [3.63, 3.8) is 0 Å². The Kier molecular flexibility index (Phi) is 5.51. The zero-order valence-corrected chi connectivity index (χ0v) is 18.1. The van der Waals surface area contributed by atoms with Crippen molar-refractivity contribution in [1.82, 2.24) is 20.0 Å². The average Bonchev–Trinajstić information content (AvgIpc) is 3.42. The molecule has 0 radical (unpaired) electrons. The molecule has 0 saturated heterocycles. The quantitative estimate of drug-likeness (QED) is 0.415. The fourth-order valence-electron chi connectivity index (χ4n) is 3.52. The van der Waals surface area contributed by atoms with E-state index in [1.165, 1.54) is 25.0 Å². The van der Waals surface area contributed by atoms with Gasteiger partial charge in [0.15, 0.2) is 5.01 Å². The van der Waals surface area contributed by atoms with E-state index in [4.69, 9.17) is 9.72 Å². The second-order valence-corrected chi connectivity index (χ2v) is 8.50. The molecule has 0 aliphatic heterocycles. The lowest BCUT2D eigenvalue weighted by atomic mass is 9.83.